The number of carbonyl (C=O) groups excluding carboxylic acids is 1. The Morgan fingerprint density at radius 3 is 2.95 bits per heavy atom. The molecule has 1 aliphatic rings. The van der Waals surface area contributed by atoms with Gasteiger partial charge in [-0.1, -0.05) is 6.58 Å². The second-order valence-corrected chi connectivity index (χ2v) is 4.71. The first-order valence-electron chi connectivity index (χ1n) is 6.63. The summed E-state index contributed by atoms with van der Waals surface area (Å²) >= 11 is 0. The molecule has 22 heavy (non-hydrogen) atoms. The number of amides is 1. The zero-order valence-corrected chi connectivity index (χ0v) is 12.0. The van der Waals surface area contributed by atoms with E-state index in [0.717, 1.165) is 0 Å². The van der Waals surface area contributed by atoms with Crippen molar-refractivity contribution >= 4 is 11.6 Å². The molecule has 112 valence electrons. The number of fused-ring (bicyclic) bond motifs is 1. The van der Waals surface area contributed by atoms with Crippen LogP contribution in [0.4, 0.5) is 5.69 Å². The van der Waals surface area contributed by atoms with E-state index in [2.05, 4.69) is 16.9 Å². The smallest absolute Gasteiger partial charge is 0.250 e. The van der Waals surface area contributed by atoms with Crippen molar-refractivity contribution in [3.05, 3.63) is 48.7 Å². The monoisotopic (exact) mass is 298 g/mol. The number of nitrogens with one attached hydrogen (secondary N) is 1. The number of carbonyl (C=O) groups is 1. The van der Waals surface area contributed by atoms with Gasteiger partial charge >= 0.3 is 0 Å². The summed E-state index contributed by atoms with van der Waals surface area (Å²) in [5.41, 5.74) is 0.867. The van der Waals surface area contributed by atoms with Crippen LogP contribution in [0.1, 0.15) is 6.92 Å². The van der Waals surface area contributed by atoms with Crippen LogP contribution in [0.2, 0.25) is 0 Å². The molecular formula is C16H14N2O4. The first kappa shape index (κ1) is 13.9. The van der Waals surface area contributed by atoms with E-state index in [9.17, 15) is 4.79 Å². The van der Waals surface area contributed by atoms with Crippen molar-refractivity contribution in [2.24, 2.45) is 0 Å². The molecule has 0 unspecified atom stereocenters. The molecule has 6 heteroatoms. The molecule has 3 rings (SSSR count). The molecule has 0 saturated carbocycles. The zero-order chi connectivity index (χ0) is 15.5. The van der Waals surface area contributed by atoms with Crippen LogP contribution in [0.15, 0.2) is 48.7 Å². The highest BCUT2D eigenvalue weighted by molar-refractivity contribution is 6.03. The minimum Gasteiger partial charge on any atom is -0.454 e. The molecule has 0 radical (unpaired) electrons. The second kappa shape index (κ2) is 5.77. The van der Waals surface area contributed by atoms with Gasteiger partial charge in [0.1, 0.15) is 11.4 Å². The Labute approximate surface area is 127 Å². The number of rotatable bonds is 4. The topological polar surface area (TPSA) is 69.7 Å². The minimum atomic E-state index is -0.288. The number of hydrogen-bond donors (Lipinski definition) is 1. The Balaban J connectivity index is 1.83. The molecular weight excluding hydrogens is 284 g/mol. The lowest BCUT2D eigenvalue weighted by atomic mass is 10.3. The summed E-state index contributed by atoms with van der Waals surface area (Å²) in [6.07, 6.45) is 1.58. The molecule has 0 fully saturated rings. The normalized spacial score (nSPS) is 11.9. The summed E-state index contributed by atoms with van der Waals surface area (Å²) in [5.74, 6) is 1.82. The summed E-state index contributed by atoms with van der Waals surface area (Å²) in [4.78, 5) is 15.9. The Kier molecular flexibility index (Phi) is 3.65. The molecule has 1 aromatic carbocycles. The van der Waals surface area contributed by atoms with Crippen molar-refractivity contribution in [2.75, 3.05) is 12.1 Å². The third-order valence-corrected chi connectivity index (χ3v) is 2.97. The van der Waals surface area contributed by atoms with Gasteiger partial charge in [0, 0.05) is 17.8 Å². The van der Waals surface area contributed by atoms with Crippen molar-refractivity contribution < 1.29 is 19.0 Å². The first-order chi connectivity index (χ1) is 10.6. The molecule has 0 aliphatic carbocycles. The lowest BCUT2D eigenvalue weighted by molar-refractivity contribution is -0.112. The summed E-state index contributed by atoms with van der Waals surface area (Å²) in [5, 5.41) is 2.70. The minimum absolute atomic E-state index is 0.197. The van der Waals surface area contributed by atoms with Crippen molar-refractivity contribution in [3.8, 4) is 23.1 Å². The predicted molar refractivity (Wildman–Crippen MR) is 80.3 cm³/mol. The van der Waals surface area contributed by atoms with E-state index in [4.69, 9.17) is 14.2 Å². The van der Waals surface area contributed by atoms with E-state index >= 15 is 0 Å². The number of hydrogen-bond acceptors (Lipinski definition) is 5. The van der Waals surface area contributed by atoms with Gasteiger partial charge in [-0.15, -0.1) is 0 Å². The van der Waals surface area contributed by atoms with Crippen molar-refractivity contribution in [1.82, 2.24) is 4.98 Å². The highest BCUT2D eigenvalue weighted by atomic mass is 16.7. The van der Waals surface area contributed by atoms with Crippen LogP contribution in [-0.2, 0) is 4.79 Å². The van der Waals surface area contributed by atoms with Crippen LogP contribution >= 0.6 is 0 Å². The summed E-state index contributed by atoms with van der Waals surface area (Å²) < 4.78 is 16.3. The molecule has 2 aromatic rings. The van der Waals surface area contributed by atoms with Crippen LogP contribution in [0.3, 0.4) is 0 Å². The Morgan fingerprint density at radius 1 is 1.32 bits per heavy atom. The zero-order valence-electron chi connectivity index (χ0n) is 12.0. The van der Waals surface area contributed by atoms with Crippen molar-refractivity contribution in [2.45, 2.75) is 6.92 Å². The number of anilines is 1. The molecule has 1 N–H and O–H groups in total. The molecule has 6 nitrogen and oxygen atoms in total. The maximum atomic E-state index is 11.7. The van der Waals surface area contributed by atoms with Gasteiger partial charge in [-0.3, -0.25) is 4.79 Å². The van der Waals surface area contributed by atoms with Gasteiger partial charge in [-0.2, -0.15) is 0 Å². The van der Waals surface area contributed by atoms with Crippen LogP contribution in [-0.4, -0.2) is 17.7 Å². The molecule has 1 aliphatic heterocycles. The average molecular weight is 298 g/mol. The Morgan fingerprint density at radius 2 is 2.14 bits per heavy atom. The van der Waals surface area contributed by atoms with Gasteiger partial charge in [-0.25, -0.2) is 4.98 Å². The average Bonchev–Trinajstić information content (AvgIpc) is 2.96. The van der Waals surface area contributed by atoms with Gasteiger partial charge in [0.15, 0.2) is 11.5 Å². The van der Waals surface area contributed by atoms with E-state index < -0.39 is 0 Å². The van der Waals surface area contributed by atoms with E-state index in [-0.39, 0.29) is 18.6 Å². The van der Waals surface area contributed by atoms with Gasteiger partial charge < -0.3 is 19.5 Å². The van der Waals surface area contributed by atoms with E-state index in [0.29, 0.717) is 28.5 Å². The van der Waals surface area contributed by atoms with Crippen LogP contribution in [0.5, 0.6) is 23.1 Å². The maximum Gasteiger partial charge on any atom is 0.250 e. The van der Waals surface area contributed by atoms with Gasteiger partial charge in [0.2, 0.25) is 12.7 Å². The van der Waals surface area contributed by atoms with Crippen LogP contribution < -0.4 is 19.5 Å². The summed E-state index contributed by atoms with van der Waals surface area (Å²) in [7, 11) is 0. The third kappa shape index (κ3) is 2.85. The lowest BCUT2D eigenvalue weighted by Gasteiger charge is -2.11. The summed E-state index contributed by atoms with van der Waals surface area (Å²) in [6, 6.07) is 8.62. The molecule has 1 amide bonds. The van der Waals surface area contributed by atoms with Gasteiger partial charge in [0.05, 0.1) is 0 Å². The highest BCUT2D eigenvalue weighted by Crippen LogP contribution is 2.37. The number of ether oxygens (including phenoxy) is 3. The van der Waals surface area contributed by atoms with Crippen molar-refractivity contribution in [3.63, 3.8) is 0 Å². The number of pyridine rings is 1. The van der Waals surface area contributed by atoms with Gasteiger partial charge in [0.25, 0.3) is 5.91 Å². The SMILES string of the molecule is C=C(C)C(=O)Nc1cccnc1Oc1ccc2c(c1)OCO2. The number of benzene rings is 1. The molecule has 2 heterocycles. The fraction of sp³-hybridized carbons (Fsp3) is 0.125. The fourth-order valence-electron chi connectivity index (χ4n) is 1.85. The number of nitrogens with zero attached hydrogens (tertiary/aromatic N) is 1. The highest BCUT2D eigenvalue weighted by Gasteiger charge is 2.15. The lowest BCUT2D eigenvalue weighted by Crippen LogP contribution is -2.12. The van der Waals surface area contributed by atoms with Crippen molar-refractivity contribution in [1.29, 1.82) is 0 Å². The van der Waals surface area contributed by atoms with Crippen LogP contribution in [0.25, 0.3) is 0 Å². The molecule has 0 atom stereocenters. The first-order valence-corrected chi connectivity index (χ1v) is 6.63. The Bertz CT molecular complexity index is 743. The standard InChI is InChI=1S/C16H14N2O4/c1-10(2)15(19)18-12-4-3-7-17-16(12)22-11-5-6-13-14(8-11)21-9-20-13/h3-8H,1,9H2,2H3,(H,18,19). The van der Waals surface area contributed by atoms with E-state index in [1.54, 1.807) is 43.5 Å². The quantitative estimate of drug-likeness (QED) is 0.878. The van der Waals surface area contributed by atoms with Crippen LogP contribution in [0, 0.1) is 0 Å². The largest absolute Gasteiger partial charge is 0.454 e. The van der Waals surface area contributed by atoms with E-state index in [1.165, 1.54) is 0 Å². The molecule has 1 aromatic heterocycles. The second-order valence-electron chi connectivity index (χ2n) is 4.71. The molecule has 0 bridgehead atoms. The number of aromatic nitrogens is 1. The van der Waals surface area contributed by atoms with Gasteiger partial charge in [-0.05, 0) is 31.2 Å². The Hall–Kier alpha value is -3.02. The third-order valence-electron chi connectivity index (χ3n) is 2.97. The van der Waals surface area contributed by atoms with E-state index in [1.807, 2.05) is 0 Å². The predicted octanol–water partition coefficient (Wildman–Crippen LogP) is 3.12. The molecule has 0 spiro atoms. The molecule has 0 saturated heterocycles. The fourth-order valence-corrected chi connectivity index (χ4v) is 1.85. The summed E-state index contributed by atoms with van der Waals surface area (Å²) in [6.45, 7) is 5.43. The maximum absolute atomic E-state index is 11.7.